The van der Waals surface area contributed by atoms with Crippen LogP contribution in [0.2, 0.25) is 0 Å². The number of methoxy groups -OCH3 is 2. The molecule has 0 radical (unpaired) electrons. The van der Waals surface area contributed by atoms with E-state index >= 15 is 0 Å². The third kappa shape index (κ3) is 2.52. The summed E-state index contributed by atoms with van der Waals surface area (Å²) in [6.07, 6.45) is -0.867. The number of aliphatic hydroxyl groups is 1. The van der Waals surface area contributed by atoms with Gasteiger partial charge in [-0.3, -0.25) is 4.79 Å². The molecule has 1 fully saturated rings. The van der Waals surface area contributed by atoms with Crippen molar-refractivity contribution in [3.05, 3.63) is 41.0 Å². The van der Waals surface area contributed by atoms with Gasteiger partial charge in [-0.2, -0.15) is 0 Å². The van der Waals surface area contributed by atoms with Gasteiger partial charge in [-0.25, -0.2) is 0 Å². The van der Waals surface area contributed by atoms with E-state index < -0.39 is 23.9 Å². The Morgan fingerprint density at radius 2 is 1.59 bits per heavy atom. The summed E-state index contributed by atoms with van der Waals surface area (Å²) in [5.74, 6) is -0.324. The van der Waals surface area contributed by atoms with Crippen LogP contribution in [0.5, 0.6) is 28.7 Å². The Labute approximate surface area is 166 Å². The molecule has 2 N–H and O–H groups in total. The lowest BCUT2D eigenvalue weighted by molar-refractivity contribution is -0.141. The topological polar surface area (TPSA) is 104 Å². The zero-order chi connectivity index (χ0) is 20.3. The Kier molecular flexibility index (Phi) is 3.99. The van der Waals surface area contributed by atoms with E-state index in [0.29, 0.717) is 22.6 Å². The maximum absolute atomic E-state index is 12.7. The molecule has 0 bridgehead atoms. The van der Waals surface area contributed by atoms with Gasteiger partial charge in [0.15, 0.2) is 23.0 Å². The molecule has 4 atom stereocenters. The third-order valence-corrected chi connectivity index (χ3v) is 6.01. The Balaban J connectivity index is 1.75. The van der Waals surface area contributed by atoms with Gasteiger partial charge in [0, 0.05) is 11.8 Å². The number of carbonyl (C=O) groups excluding carboxylic acids is 1. The van der Waals surface area contributed by atoms with Gasteiger partial charge in [0.25, 0.3) is 0 Å². The molecule has 2 aromatic carbocycles. The van der Waals surface area contributed by atoms with Gasteiger partial charge in [0.2, 0.25) is 12.5 Å². The number of aliphatic hydroxyl groups excluding tert-OH is 1. The van der Waals surface area contributed by atoms with Crippen LogP contribution >= 0.6 is 0 Å². The van der Waals surface area contributed by atoms with E-state index in [4.69, 9.17) is 23.7 Å². The maximum atomic E-state index is 12.7. The van der Waals surface area contributed by atoms with Gasteiger partial charge in [0.05, 0.1) is 32.8 Å². The summed E-state index contributed by atoms with van der Waals surface area (Å²) in [5, 5.41) is 21.3. The minimum Gasteiger partial charge on any atom is -0.502 e. The van der Waals surface area contributed by atoms with E-state index in [9.17, 15) is 15.0 Å². The van der Waals surface area contributed by atoms with Crippen LogP contribution in [0.3, 0.4) is 0 Å². The highest BCUT2D eigenvalue weighted by atomic mass is 16.7. The molecule has 1 saturated heterocycles. The molecule has 2 aromatic rings. The third-order valence-electron chi connectivity index (χ3n) is 6.01. The Bertz CT molecular complexity index is 975. The van der Waals surface area contributed by atoms with Crippen molar-refractivity contribution in [3.63, 3.8) is 0 Å². The van der Waals surface area contributed by atoms with Crippen LogP contribution in [-0.2, 0) is 9.53 Å². The number of cyclic esters (lactones) is 1. The minimum atomic E-state index is -0.867. The first kappa shape index (κ1) is 17.9. The van der Waals surface area contributed by atoms with Gasteiger partial charge in [0.1, 0.15) is 0 Å². The molecular weight excluding hydrogens is 380 g/mol. The predicted molar refractivity (Wildman–Crippen MR) is 98.5 cm³/mol. The molecule has 8 heteroatoms. The average molecular weight is 400 g/mol. The number of phenolic OH excluding ortho intramolecular Hbond substituents is 1. The van der Waals surface area contributed by atoms with E-state index in [1.807, 2.05) is 0 Å². The van der Waals surface area contributed by atoms with E-state index in [2.05, 4.69) is 0 Å². The maximum Gasteiger partial charge on any atom is 0.310 e. The summed E-state index contributed by atoms with van der Waals surface area (Å²) >= 11 is 0. The van der Waals surface area contributed by atoms with Crippen LogP contribution in [0.15, 0.2) is 24.3 Å². The summed E-state index contributed by atoms with van der Waals surface area (Å²) in [6.45, 7) is 0.246. The number of ether oxygens (including phenoxy) is 5. The molecule has 0 unspecified atom stereocenters. The fourth-order valence-electron chi connectivity index (χ4n) is 4.63. The summed E-state index contributed by atoms with van der Waals surface area (Å²) in [6, 6.07) is 6.93. The Morgan fingerprint density at radius 3 is 2.21 bits per heavy atom. The molecule has 0 saturated carbocycles. The van der Waals surface area contributed by atoms with Crippen molar-refractivity contribution >= 4 is 5.97 Å². The van der Waals surface area contributed by atoms with Gasteiger partial charge < -0.3 is 33.9 Å². The molecular formula is C21H20O8. The number of fused-ring (bicyclic) bond motifs is 3. The molecule has 2 aliphatic heterocycles. The number of hydrogen-bond acceptors (Lipinski definition) is 8. The molecule has 0 spiro atoms. The van der Waals surface area contributed by atoms with Crippen molar-refractivity contribution in [3.8, 4) is 28.7 Å². The van der Waals surface area contributed by atoms with Crippen molar-refractivity contribution in [1.82, 2.24) is 0 Å². The molecule has 0 aromatic heterocycles. The lowest BCUT2D eigenvalue weighted by atomic mass is 9.66. The smallest absolute Gasteiger partial charge is 0.310 e. The number of esters is 1. The molecule has 152 valence electrons. The molecule has 29 heavy (non-hydrogen) atoms. The lowest BCUT2D eigenvalue weighted by Crippen LogP contribution is -2.34. The van der Waals surface area contributed by atoms with Crippen molar-refractivity contribution in [2.75, 3.05) is 27.6 Å². The highest BCUT2D eigenvalue weighted by molar-refractivity contribution is 5.79. The minimum absolute atomic E-state index is 0.106. The van der Waals surface area contributed by atoms with Crippen LogP contribution in [-0.4, -0.2) is 43.8 Å². The summed E-state index contributed by atoms with van der Waals surface area (Å²) in [4.78, 5) is 12.7. The second-order valence-corrected chi connectivity index (χ2v) is 7.35. The first-order chi connectivity index (χ1) is 14.0. The normalized spacial score (nSPS) is 26.5. The van der Waals surface area contributed by atoms with E-state index in [0.717, 1.165) is 5.56 Å². The number of hydrogen-bond donors (Lipinski definition) is 2. The van der Waals surface area contributed by atoms with Crippen molar-refractivity contribution in [2.24, 2.45) is 11.8 Å². The van der Waals surface area contributed by atoms with Crippen LogP contribution < -0.4 is 18.9 Å². The van der Waals surface area contributed by atoms with Crippen molar-refractivity contribution < 1.29 is 38.7 Å². The Hall–Kier alpha value is -3.13. The van der Waals surface area contributed by atoms with E-state index in [-0.39, 0.29) is 36.6 Å². The Morgan fingerprint density at radius 1 is 0.966 bits per heavy atom. The first-order valence-electron chi connectivity index (χ1n) is 9.26. The number of benzene rings is 2. The van der Waals surface area contributed by atoms with Gasteiger partial charge in [-0.15, -0.1) is 0 Å². The molecule has 3 aliphatic rings. The summed E-state index contributed by atoms with van der Waals surface area (Å²) < 4.78 is 26.9. The second kappa shape index (κ2) is 6.45. The van der Waals surface area contributed by atoms with Gasteiger partial charge in [-0.1, -0.05) is 0 Å². The quantitative estimate of drug-likeness (QED) is 0.755. The zero-order valence-corrected chi connectivity index (χ0v) is 15.9. The fourth-order valence-corrected chi connectivity index (χ4v) is 4.63. The molecule has 1 aliphatic carbocycles. The van der Waals surface area contributed by atoms with Gasteiger partial charge >= 0.3 is 5.97 Å². The number of phenols is 1. The van der Waals surface area contributed by atoms with Crippen LogP contribution in [0.25, 0.3) is 0 Å². The second-order valence-electron chi connectivity index (χ2n) is 7.35. The summed E-state index contributed by atoms with van der Waals surface area (Å²) in [7, 11) is 2.89. The molecule has 2 heterocycles. The van der Waals surface area contributed by atoms with Crippen LogP contribution in [0.1, 0.15) is 28.7 Å². The monoisotopic (exact) mass is 400 g/mol. The summed E-state index contributed by atoms with van der Waals surface area (Å²) in [5.41, 5.74) is 2.12. The number of aromatic hydroxyl groups is 1. The van der Waals surface area contributed by atoms with Crippen LogP contribution in [0.4, 0.5) is 0 Å². The lowest BCUT2D eigenvalue weighted by Gasteiger charge is -2.37. The van der Waals surface area contributed by atoms with E-state index in [1.165, 1.54) is 14.2 Å². The number of carbonyl (C=O) groups is 1. The average Bonchev–Trinajstić information content (AvgIpc) is 3.34. The number of rotatable bonds is 3. The van der Waals surface area contributed by atoms with Crippen molar-refractivity contribution in [1.29, 1.82) is 0 Å². The zero-order valence-electron chi connectivity index (χ0n) is 15.9. The molecule has 0 amide bonds. The van der Waals surface area contributed by atoms with Gasteiger partial charge in [-0.05, 0) is 41.0 Å². The van der Waals surface area contributed by atoms with Crippen molar-refractivity contribution in [2.45, 2.75) is 12.0 Å². The predicted octanol–water partition coefficient (Wildman–Crippen LogP) is 2.11. The van der Waals surface area contributed by atoms with E-state index in [1.54, 1.807) is 24.3 Å². The molecule has 8 nitrogen and oxygen atoms in total. The largest absolute Gasteiger partial charge is 0.502 e. The standard InChI is InChI=1S/C21H20O8/c1-25-15-3-9(4-16(26-2)20(15)23)17-10-5-13-14(29-8-28-13)6-11(10)19(22)12-7-27-21(24)18(12)17/h3-6,12,17-19,22-23H,7-8H2,1-2H3/t12-,17+,18-,19-/m1/s1. The first-order valence-corrected chi connectivity index (χ1v) is 9.26. The molecule has 5 rings (SSSR count). The van der Waals surface area contributed by atoms with Crippen LogP contribution in [0, 0.1) is 11.8 Å². The fraction of sp³-hybridized carbons (Fsp3) is 0.381. The SMILES string of the molecule is COc1cc([C@H]2c3cc4c(cc3[C@@H](O)[C@@H]3COC(=O)[C@@H]23)OCO4)cc(OC)c1O. The highest BCUT2D eigenvalue weighted by Crippen LogP contribution is 2.55. The highest BCUT2D eigenvalue weighted by Gasteiger charge is 2.52.